The summed E-state index contributed by atoms with van der Waals surface area (Å²) >= 11 is 0. The van der Waals surface area contributed by atoms with Crippen molar-refractivity contribution in [3.05, 3.63) is 0 Å². The lowest BCUT2D eigenvalue weighted by atomic mass is 10.1. The molecule has 0 aromatic heterocycles. The molecule has 3 N–H and O–H groups in total. The average Bonchev–Trinajstić information content (AvgIpc) is 1.81. The lowest BCUT2D eigenvalue weighted by Crippen LogP contribution is -2.49. The Bertz CT molecular complexity index is 206. The molecule has 4 heteroatoms. The molecule has 0 heterocycles. The van der Waals surface area contributed by atoms with Crippen LogP contribution in [0.3, 0.4) is 0 Å². The van der Waals surface area contributed by atoms with Crippen molar-refractivity contribution < 1.29 is 9.59 Å². The van der Waals surface area contributed by atoms with Crippen LogP contribution in [0.4, 0.5) is 0 Å². The van der Waals surface area contributed by atoms with Crippen LogP contribution in [-0.2, 0) is 9.59 Å². The van der Waals surface area contributed by atoms with E-state index in [0.717, 1.165) is 0 Å². The molecule has 0 aromatic carbocycles. The quantitative estimate of drug-likeness (QED) is 0.661. The third-order valence-electron chi connectivity index (χ3n) is 1.34. The second-order valence-corrected chi connectivity index (χ2v) is 4.25. The Morgan fingerprint density at radius 2 is 1.85 bits per heavy atom. The molecule has 4 nitrogen and oxygen atoms in total. The van der Waals surface area contributed by atoms with Gasteiger partial charge in [0.15, 0.2) is 0 Å². The van der Waals surface area contributed by atoms with Gasteiger partial charge in [-0.05, 0) is 27.7 Å². The molecule has 0 aliphatic rings. The fourth-order valence-electron chi connectivity index (χ4n) is 0.865. The Balaban J connectivity index is 4.05. The molecule has 0 aliphatic heterocycles. The van der Waals surface area contributed by atoms with Crippen LogP contribution < -0.4 is 11.1 Å². The molecule has 0 aromatic rings. The zero-order valence-corrected chi connectivity index (χ0v) is 8.68. The third-order valence-corrected chi connectivity index (χ3v) is 1.34. The van der Waals surface area contributed by atoms with Crippen molar-refractivity contribution in [2.45, 2.75) is 45.7 Å². The first-order valence-corrected chi connectivity index (χ1v) is 4.29. The van der Waals surface area contributed by atoms with Crippen molar-refractivity contribution in [3.8, 4) is 0 Å². The highest BCUT2D eigenvalue weighted by atomic mass is 16.2. The predicted octanol–water partition coefficient (Wildman–Crippen LogP) is 0.208. The van der Waals surface area contributed by atoms with E-state index in [1.807, 2.05) is 20.8 Å². The zero-order chi connectivity index (χ0) is 10.6. The number of nitrogens with two attached hydrogens (primary N) is 1. The maximum Gasteiger partial charge on any atom is 0.237 e. The van der Waals surface area contributed by atoms with E-state index in [1.54, 1.807) is 0 Å². The van der Waals surface area contributed by atoms with Crippen molar-refractivity contribution in [1.82, 2.24) is 5.32 Å². The number of carbonyl (C=O) groups excluding carboxylic acids is 2. The van der Waals surface area contributed by atoms with Gasteiger partial charge < -0.3 is 11.1 Å². The minimum absolute atomic E-state index is 0.0726. The molecular formula is C9H18N2O2. The fraction of sp³-hybridized carbons (Fsp3) is 0.778. The molecular weight excluding hydrogens is 168 g/mol. The van der Waals surface area contributed by atoms with Gasteiger partial charge in [0.05, 0.1) is 6.04 Å². The number of nitrogens with one attached hydrogen (secondary N) is 1. The van der Waals surface area contributed by atoms with E-state index in [9.17, 15) is 9.59 Å². The van der Waals surface area contributed by atoms with Gasteiger partial charge in [0.2, 0.25) is 5.91 Å². The summed E-state index contributed by atoms with van der Waals surface area (Å²) in [7, 11) is 0. The lowest BCUT2D eigenvalue weighted by Gasteiger charge is -2.22. The molecule has 0 bridgehead atoms. The first-order valence-electron chi connectivity index (χ1n) is 4.29. The van der Waals surface area contributed by atoms with Gasteiger partial charge in [0.1, 0.15) is 5.78 Å². The first-order chi connectivity index (χ1) is 5.72. The maximum absolute atomic E-state index is 11.3. The molecule has 0 rings (SSSR count). The van der Waals surface area contributed by atoms with Crippen LogP contribution in [0, 0.1) is 0 Å². The minimum Gasteiger partial charge on any atom is -0.350 e. The third kappa shape index (κ3) is 6.28. The van der Waals surface area contributed by atoms with Crippen molar-refractivity contribution in [2.75, 3.05) is 0 Å². The standard InChI is InChI=1S/C9H18N2O2/c1-6(12)5-7(10)8(13)11-9(2,3)4/h7H,5,10H2,1-4H3,(H,11,13)/t7-/m1/s1. The molecule has 0 aliphatic carbocycles. The van der Waals surface area contributed by atoms with Gasteiger partial charge in [-0.2, -0.15) is 0 Å². The van der Waals surface area contributed by atoms with Crippen LogP contribution in [0.2, 0.25) is 0 Å². The molecule has 1 amide bonds. The number of amides is 1. The van der Waals surface area contributed by atoms with E-state index in [4.69, 9.17) is 5.73 Å². The number of rotatable bonds is 3. The Kier molecular flexibility index (Phi) is 4.07. The van der Waals surface area contributed by atoms with E-state index in [1.165, 1.54) is 6.92 Å². The van der Waals surface area contributed by atoms with Crippen LogP contribution in [0.1, 0.15) is 34.1 Å². The van der Waals surface area contributed by atoms with E-state index < -0.39 is 6.04 Å². The van der Waals surface area contributed by atoms with Crippen molar-refractivity contribution in [3.63, 3.8) is 0 Å². The number of hydrogen-bond donors (Lipinski definition) is 2. The highest BCUT2D eigenvalue weighted by Gasteiger charge is 2.20. The molecule has 0 unspecified atom stereocenters. The summed E-state index contributed by atoms with van der Waals surface area (Å²) in [6.07, 6.45) is 0.0991. The maximum atomic E-state index is 11.3. The number of hydrogen-bond acceptors (Lipinski definition) is 3. The van der Waals surface area contributed by atoms with Crippen LogP contribution in [0.15, 0.2) is 0 Å². The highest BCUT2D eigenvalue weighted by molar-refractivity contribution is 5.88. The van der Waals surface area contributed by atoms with Crippen molar-refractivity contribution >= 4 is 11.7 Å². The number of carbonyl (C=O) groups is 2. The number of Topliss-reactive ketones (excluding diaryl/α,β-unsaturated/α-hetero) is 1. The van der Waals surface area contributed by atoms with Crippen LogP contribution in [-0.4, -0.2) is 23.3 Å². The molecule has 0 radical (unpaired) electrons. The van der Waals surface area contributed by atoms with E-state index in [0.29, 0.717) is 0 Å². The van der Waals surface area contributed by atoms with E-state index in [2.05, 4.69) is 5.32 Å². The van der Waals surface area contributed by atoms with Gasteiger partial charge in [-0.25, -0.2) is 0 Å². The molecule has 0 saturated carbocycles. The molecule has 76 valence electrons. The monoisotopic (exact) mass is 186 g/mol. The lowest BCUT2D eigenvalue weighted by molar-refractivity contribution is -0.127. The Morgan fingerprint density at radius 3 is 2.15 bits per heavy atom. The van der Waals surface area contributed by atoms with Gasteiger partial charge in [-0.15, -0.1) is 0 Å². The van der Waals surface area contributed by atoms with Crippen molar-refractivity contribution in [2.24, 2.45) is 5.73 Å². The highest BCUT2D eigenvalue weighted by Crippen LogP contribution is 2.00. The zero-order valence-electron chi connectivity index (χ0n) is 8.68. The summed E-state index contributed by atoms with van der Waals surface area (Å²) in [6, 6.07) is -0.725. The SMILES string of the molecule is CC(=O)C[C@@H](N)C(=O)NC(C)(C)C. The van der Waals surface area contributed by atoms with E-state index in [-0.39, 0.29) is 23.7 Å². The molecule has 0 fully saturated rings. The normalized spacial score (nSPS) is 13.6. The molecule has 13 heavy (non-hydrogen) atoms. The largest absolute Gasteiger partial charge is 0.350 e. The topological polar surface area (TPSA) is 72.2 Å². The summed E-state index contributed by atoms with van der Waals surface area (Å²) in [4.78, 5) is 22.0. The van der Waals surface area contributed by atoms with Crippen LogP contribution in [0.5, 0.6) is 0 Å². The summed E-state index contributed by atoms with van der Waals surface area (Å²) in [5.74, 6) is -0.348. The molecule has 0 saturated heterocycles. The van der Waals surface area contributed by atoms with Crippen LogP contribution >= 0.6 is 0 Å². The fourth-order valence-corrected chi connectivity index (χ4v) is 0.865. The Hall–Kier alpha value is -0.900. The summed E-state index contributed by atoms with van der Waals surface area (Å²) in [6.45, 7) is 7.02. The van der Waals surface area contributed by atoms with Gasteiger partial charge in [0, 0.05) is 12.0 Å². The smallest absolute Gasteiger partial charge is 0.237 e. The summed E-state index contributed by atoms with van der Waals surface area (Å²) in [5, 5.41) is 2.71. The summed E-state index contributed by atoms with van der Waals surface area (Å²) < 4.78 is 0. The van der Waals surface area contributed by atoms with Crippen LogP contribution in [0.25, 0.3) is 0 Å². The summed E-state index contributed by atoms with van der Waals surface area (Å²) in [5.41, 5.74) is 5.19. The molecule has 0 spiro atoms. The average molecular weight is 186 g/mol. The van der Waals surface area contributed by atoms with E-state index >= 15 is 0 Å². The second kappa shape index (κ2) is 4.37. The number of ketones is 1. The van der Waals surface area contributed by atoms with Gasteiger partial charge in [0.25, 0.3) is 0 Å². The minimum atomic E-state index is -0.725. The second-order valence-electron chi connectivity index (χ2n) is 4.25. The van der Waals surface area contributed by atoms with Gasteiger partial charge in [-0.3, -0.25) is 9.59 Å². The van der Waals surface area contributed by atoms with Gasteiger partial charge in [-0.1, -0.05) is 0 Å². The predicted molar refractivity (Wildman–Crippen MR) is 51.2 cm³/mol. The van der Waals surface area contributed by atoms with Crippen molar-refractivity contribution in [1.29, 1.82) is 0 Å². The Labute approximate surface area is 78.9 Å². The molecule has 1 atom stereocenters. The van der Waals surface area contributed by atoms with Gasteiger partial charge >= 0.3 is 0 Å². The first kappa shape index (κ1) is 12.1. The Morgan fingerprint density at radius 1 is 1.38 bits per heavy atom.